The minimum atomic E-state index is -0.824. The topological polar surface area (TPSA) is 76.9 Å². The Hall–Kier alpha value is -1.98. The number of fused-ring (bicyclic) bond motifs is 1. The van der Waals surface area contributed by atoms with E-state index in [0.717, 1.165) is 18.8 Å². The van der Waals surface area contributed by atoms with Crippen molar-refractivity contribution >= 4 is 11.8 Å². The van der Waals surface area contributed by atoms with E-state index < -0.39 is 6.09 Å². The Morgan fingerprint density at radius 1 is 1.22 bits per heavy atom. The van der Waals surface area contributed by atoms with Gasteiger partial charge in [0, 0.05) is 44.1 Å². The van der Waals surface area contributed by atoms with Crippen molar-refractivity contribution in [3.63, 3.8) is 0 Å². The highest BCUT2D eigenvalue weighted by molar-refractivity contribution is 5.65. The van der Waals surface area contributed by atoms with Crippen LogP contribution >= 0.6 is 0 Å². The molecule has 0 saturated carbocycles. The maximum absolute atomic E-state index is 10.9. The molecule has 3 heterocycles. The van der Waals surface area contributed by atoms with Gasteiger partial charge in [-0.05, 0) is 0 Å². The van der Waals surface area contributed by atoms with E-state index in [2.05, 4.69) is 9.88 Å². The summed E-state index contributed by atoms with van der Waals surface area (Å²) in [5, 5.41) is 18.4. The normalized spacial score (nSPS) is 26.4. The SMILES string of the molecule is O=C(O)N1C[C@@H]2CN(c3cncc(O)c3)C[C@@H]2C1. The molecule has 2 aliphatic rings. The number of anilines is 1. The molecule has 1 amide bonds. The van der Waals surface area contributed by atoms with Gasteiger partial charge in [0.2, 0.25) is 0 Å². The summed E-state index contributed by atoms with van der Waals surface area (Å²) in [6.45, 7) is 2.89. The molecule has 6 nitrogen and oxygen atoms in total. The van der Waals surface area contributed by atoms with Gasteiger partial charge in [0.15, 0.2) is 0 Å². The molecule has 2 N–H and O–H groups in total. The average Bonchev–Trinajstić information content (AvgIpc) is 2.86. The Bertz CT molecular complexity index is 465. The molecule has 0 spiro atoms. The molecule has 0 aliphatic carbocycles. The number of likely N-dealkylation sites (tertiary alicyclic amines) is 1. The number of amides is 1. The Morgan fingerprint density at radius 2 is 1.89 bits per heavy atom. The highest BCUT2D eigenvalue weighted by Gasteiger charge is 2.41. The van der Waals surface area contributed by atoms with Gasteiger partial charge in [-0.3, -0.25) is 4.98 Å². The van der Waals surface area contributed by atoms with Crippen LogP contribution in [0.2, 0.25) is 0 Å². The first-order chi connectivity index (χ1) is 8.63. The molecule has 2 aliphatic heterocycles. The molecule has 0 radical (unpaired) electrons. The van der Waals surface area contributed by atoms with Crippen molar-refractivity contribution in [1.29, 1.82) is 0 Å². The molecule has 18 heavy (non-hydrogen) atoms. The Morgan fingerprint density at radius 3 is 2.44 bits per heavy atom. The first-order valence-electron chi connectivity index (χ1n) is 6.00. The molecule has 6 heteroatoms. The highest BCUT2D eigenvalue weighted by atomic mass is 16.4. The number of hydrogen-bond acceptors (Lipinski definition) is 4. The van der Waals surface area contributed by atoms with Crippen LogP contribution < -0.4 is 4.90 Å². The second-order valence-corrected chi connectivity index (χ2v) is 5.01. The highest BCUT2D eigenvalue weighted by Crippen LogP contribution is 2.34. The summed E-state index contributed by atoms with van der Waals surface area (Å²) in [6.07, 6.45) is 2.32. The van der Waals surface area contributed by atoms with Gasteiger partial charge in [-0.25, -0.2) is 4.79 Å². The van der Waals surface area contributed by atoms with Gasteiger partial charge < -0.3 is 20.0 Å². The summed E-state index contributed by atoms with van der Waals surface area (Å²) in [7, 11) is 0. The molecule has 2 saturated heterocycles. The third-order valence-corrected chi connectivity index (χ3v) is 3.83. The number of hydrogen-bond donors (Lipinski definition) is 2. The second kappa shape index (κ2) is 4.04. The summed E-state index contributed by atoms with van der Waals surface area (Å²) in [6, 6.07) is 1.70. The van der Waals surface area contributed by atoms with Crippen LogP contribution in [0.5, 0.6) is 5.75 Å². The smallest absolute Gasteiger partial charge is 0.407 e. The number of carbonyl (C=O) groups is 1. The number of aromatic hydroxyl groups is 1. The third-order valence-electron chi connectivity index (χ3n) is 3.83. The van der Waals surface area contributed by atoms with Gasteiger partial charge in [-0.1, -0.05) is 0 Å². The molecular formula is C12H15N3O3. The number of carboxylic acid groups (broad SMARTS) is 1. The number of nitrogens with zero attached hydrogens (tertiary/aromatic N) is 3. The summed E-state index contributed by atoms with van der Waals surface area (Å²) in [5.41, 5.74) is 0.909. The van der Waals surface area contributed by atoms with E-state index in [-0.39, 0.29) is 5.75 Å². The van der Waals surface area contributed by atoms with Gasteiger partial charge in [-0.2, -0.15) is 0 Å². The van der Waals surface area contributed by atoms with Crippen molar-refractivity contribution < 1.29 is 15.0 Å². The first kappa shape index (κ1) is 11.1. The monoisotopic (exact) mass is 249 g/mol. The van der Waals surface area contributed by atoms with Gasteiger partial charge in [-0.15, -0.1) is 0 Å². The van der Waals surface area contributed by atoms with Crippen LogP contribution in [0.15, 0.2) is 18.5 Å². The zero-order chi connectivity index (χ0) is 12.7. The van der Waals surface area contributed by atoms with Crippen LogP contribution in [-0.2, 0) is 0 Å². The Labute approximate surface area is 104 Å². The van der Waals surface area contributed by atoms with Gasteiger partial charge >= 0.3 is 6.09 Å². The molecule has 2 atom stereocenters. The molecule has 1 aromatic rings. The van der Waals surface area contributed by atoms with Crippen molar-refractivity contribution in [2.45, 2.75) is 0 Å². The van der Waals surface area contributed by atoms with Crippen LogP contribution in [0, 0.1) is 11.8 Å². The lowest BCUT2D eigenvalue weighted by Crippen LogP contribution is -2.32. The fourth-order valence-corrected chi connectivity index (χ4v) is 2.95. The van der Waals surface area contributed by atoms with Gasteiger partial charge in [0.05, 0.1) is 18.1 Å². The van der Waals surface area contributed by atoms with Crippen LogP contribution in [0.4, 0.5) is 10.5 Å². The quantitative estimate of drug-likeness (QED) is 0.771. The lowest BCUT2D eigenvalue weighted by molar-refractivity contribution is 0.153. The Balaban J connectivity index is 1.70. The summed E-state index contributed by atoms with van der Waals surface area (Å²) < 4.78 is 0. The van der Waals surface area contributed by atoms with Crippen molar-refractivity contribution in [3.05, 3.63) is 18.5 Å². The van der Waals surface area contributed by atoms with E-state index in [0.29, 0.717) is 24.9 Å². The summed E-state index contributed by atoms with van der Waals surface area (Å²) in [5.74, 6) is 0.948. The average molecular weight is 249 g/mol. The zero-order valence-corrected chi connectivity index (χ0v) is 9.86. The number of pyridine rings is 1. The van der Waals surface area contributed by atoms with Crippen LogP contribution in [-0.4, -0.2) is 52.4 Å². The lowest BCUT2D eigenvalue weighted by atomic mass is 10.0. The molecule has 0 aromatic carbocycles. The molecular weight excluding hydrogens is 234 g/mol. The molecule has 1 aromatic heterocycles. The minimum absolute atomic E-state index is 0.164. The first-order valence-corrected chi connectivity index (χ1v) is 6.00. The summed E-state index contributed by atoms with van der Waals surface area (Å²) >= 11 is 0. The maximum Gasteiger partial charge on any atom is 0.407 e. The van der Waals surface area contributed by atoms with Crippen LogP contribution in [0.25, 0.3) is 0 Å². The van der Waals surface area contributed by atoms with Crippen molar-refractivity contribution in [3.8, 4) is 5.75 Å². The van der Waals surface area contributed by atoms with Gasteiger partial charge in [0.25, 0.3) is 0 Å². The van der Waals surface area contributed by atoms with Crippen molar-refractivity contribution in [2.75, 3.05) is 31.1 Å². The Kier molecular flexibility index (Phi) is 2.50. The van der Waals surface area contributed by atoms with Crippen molar-refractivity contribution in [1.82, 2.24) is 9.88 Å². The van der Waals surface area contributed by atoms with E-state index >= 15 is 0 Å². The fourth-order valence-electron chi connectivity index (χ4n) is 2.95. The van der Waals surface area contributed by atoms with Crippen LogP contribution in [0.1, 0.15) is 0 Å². The van der Waals surface area contributed by atoms with E-state index in [1.807, 2.05) is 0 Å². The molecule has 0 unspecified atom stereocenters. The van der Waals surface area contributed by atoms with Crippen molar-refractivity contribution in [2.24, 2.45) is 11.8 Å². The lowest BCUT2D eigenvalue weighted by Gasteiger charge is -2.21. The number of aromatic nitrogens is 1. The summed E-state index contributed by atoms with van der Waals surface area (Å²) in [4.78, 5) is 18.5. The number of rotatable bonds is 1. The largest absolute Gasteiger partial charge is 0.506 e. The predicted octanol–water partition coefficient (Wildman–Crippen LogP) is 0.833. The second-order valence-electron chi connectivity index (χ2n) is 5.01. The van der Waals surface area contributed by atoms with Gasteiger partial charge in [0.1, 0.15) is 5.75 Å². The van der Waals surface area contributed by atoms with E-state index in [1.165, 1.54) is 11.1 Å². The fraction of sp³-hybridized carbons (Fsp3) is 0.500. The molecule has 2 fully saturated rings. The molecule has 96 valence electrons. The minimum Gasteiger partial charge on any atom is -0.506 e. The third kappa shape index (κ3) is 1.83. The maximum atomic E-state index is 10.9. The predicted molar refractivity (Wildman–Crippen MR) is 64.7 cm³/mol. The molecule has 0 bridgehead atoms. The van der Waals surface area contributed by atoms with E-state index in [4.69, 9.17) is 5.11 Å². The van der Waals surface area contributed by atoms with E-state index in [9.17, 15) is 9.90 Å². The standard InChI is InChI=1S/C12H15N3O3/c16-11-1-10(2-13-3-11)14-4-8-6-15(12(17)18)7-9(8)5-14/h1-3,8-9,16H,4-7H2,(H,17,18)/t8-,9+. The molecule has 3 rings (SSSR count). The van der Waals surface area contributed by atoms with Crippen LogP contribution in [0.3, 0.4) is 0 Å². The zero-order valence-electron chi connectivity index (χ0n) is 9.86. The van der Waals surface area contributed by atoms with E-state index in [1.54, 1.807) is 12.3 Å².